The number of nitrogens with zero attached hydrogens (tertiary/aromatic N) is 1. The fourth-order valence-corrected chi connectivity index (χ4v) is 14.7. The molecule has 0 N–H and O–H groups in total. The number of likely N-dealkylation sites (tertiary alicyclic amines) is 1. The Bertz CT molecular complexity index is 3850. The van der Waals surface area contributed by atoms with E-state index in [1.807, 2.05) is 67.6 Å². The molecule has 9 rings (SSSR count). The second kappa shape index (κ2) is 56.9. The van der Waals surface area contributed by atoms with Crippen LogP contribution in [0.15, 0.2) is 109 Å². The average Bonchev–Trinajstić information content (AvgIpc) is 1.71. The van der Waals surface area contributed by atoms with Gasteiger partial charge in [-0.25, -0.2) is 0 Å². The Kier molecular flexibility index (Phi) is 48.0. The van der Waals surface area contributed by atoms with Crippen molar-refractivity contribution in [3.63, 3.8) is 0 Å². The number of allylic oxidation sites excluding steroid dienone is 5. The summed E-state index contributed by atoms with van der Waals surface area (Å²) in [6, 6.07) is 14.3. The summed E-state index contributed by atoms with van der Waals surface area (Å²) in [5, 5.41) is 0. The lowest BCUT2D eigenvalue weighted by Gasteiger charge is -2.26. The Morgan fingerprint density at radius 1 is 0.397 bits per heavy atom. The van der Waals surface area contributed by atoms with Gasteiger partial charge < -0.3 is 47.4 Å². The zero-order valence-electron chi connectivity index (χ0n) is 72.8. The molecule has 0 bridgehead atoms. The van der Waals surface area contributed by atoms with Crippen LogP contribution in [0.5, 0.6) is 0 Å². The predicted octanol–water partition coefficient (Wildman–Crippen LogP) is 15.5. The van der Waals surface area contributed by atoms with Gasteiger partial charge >= 0.3 is 41.8 Å². The van der Waals surface area contributed by atoms with Crippen LogP contribution in [0.3, 0.4) is 0 Å². The highest BCUT2D eigenvalue weighted by Crippen LogP contribution is 2.30. The largest absolute Gasteiger partial charge is 0.458 e. The van der Waals surface area contributed by atoms with Gasteiger partial charge in [0, 0.05) is 109 Å². The molecule has 26 nitrogen and oxygen atoms in total. The highest BCUT2D eigenvalue weighted by Gasteiger charge is 2.39. The number of amides is 2. The maximum Gasteiger partial charge on any atom is 0.310 e. The van der Waals surface area contributed by atoms with Crippen LogP contribution in [-0.4, -0.2) is 174 Å². The molecule has 1 heterocycles. The van der Waals surface area contributed by atoms with Crippen molar-refractivity contribution >= 4 is 88.3 Å². The summed E-state index contributed by atoms with van der Waals surface area (Å²) in [5.74, 6) is -3.63. The summed E-state index contributed by atoms with van der Waals surface area (Å²) < 4.78 is 55.3. The molecular weight excluding hydrogens is 1560 g/mol. The first-order chi connectivity index (χ1) is 57.9. The highest BCUT2D eigenvalue weighted by molar-refractivity contribution is 6.09. The molecule has 7 aliphatic rings. The fraction of sp³-hybridized carbons (Fsp3) is 0.611. The van der Waals surface area contributed by atoms with Crippen LogP contribution in [0.1, 0.15) is 294 Å². The molecule has 2 amide bonds. The highest BCUT2D eigenvalue weighted by atomic mass is 16.6. The number of rotatable bonds is 31. The summed E-state index contributed by atoms with van der Waals surface area (Å²) in [6.45, 7) is 16.5. The van der Waals surface area contributed by atoms with Gasteiger partial charge in [0.05, 0.1) is 37.3 Å². The maximum atomic E-state index is 12.3. The number of esters is 7. The van der Waals surface area contributed by atoms with E-state index in [1.54, 1.807) is 57.2 Å². The first-order valence-electron chi connectivity index (χ1n) is 43.5. The Morgan fingerprint density at radius 2 is 0.785 bits per heavy atom. The van der Waals surface area contributed by atoms with E-state index in [4.69, 9.17) is 47.4 Å². The molecule has 13 atom stereocenters. The first kappa shape index (κ1) is 102. The summed E-state index contributed by atoms with van der Waals surface area (Å²) in [6.07, 6.45) is 38.7. The molecule has 0 radical (unpaired) electrons. The van der Waals surface area contributed by atoms with Crippen molar-refractivity contribution in [3.8, 4) is 0 Å². The van der Waals surface area contributed by atoms with Crippen LogP contribution in [0.4, 0.5) is 0 Å². The summed E-state index contributed by atoms with van der Waals surface area (Å²) in [7, 11) is 0. The molecule has 666 valence electrons. The third-order valence-corrected chi connectivity index (χ3v) is 21.3. The van der Waals surface area contributed by atoms with Crippen LogP contribution < -0.4 is 0 Å². The molecule has 121 heavy (non-hydrogen) atoms. The van der Waals surface area contributed by atoms with E-state index < -0.39 is 54.3 Å². The topological polar surface area (TPSA) is 352 Å². The third kappa shape index (κ3) is 40.8. The Hall–Kier alpha value is -9.53. The molecule has 2 aromatic carbocycles. The van der Waals surface area contributed by atoms with E-state index in [-0.39, 0.29) is 152 Å². The van der Waals surface area contributed by atoms with Crippen LogP contribution in [-0.2, 0) is 123 Å². The third-order valence-electron chi connectivity index (χ3n) is 21.3. The quantitative estimate of drug-likeness (QED) is 0.0129. The van der Waals surface area contributed by atoms with Crippen molar-refractivity contribution in [2.75, 3.05) is 19.8 Å². The van der Waals surface area contributed by atoms with Gasteiger partial charge in [0.25, 0.3) is 0 Å². The minimum Gasteiger partial charge on any atom is -0.458 e. The Morgan fingerprint density at radius 3 is 1.17 bits per heavy atom. The van der Waals surface area contributed by atoms with Crippen molar-refractivity contribution in [1.82, 2.24) is 4.90 Å². The van der Waals surface area contributed by atoms with Gasteiger partial charge in [-0.1, -0.05) is 119 Å². The van der Waals surface area contributed by atoms with Gasteiger partial charge in [-0.05, 0) is 190 Å². The second-order valence-corrected chi connectivity index (χ2v) is 31.8. The zero-order chi connectivity index (χ0) is 88.6. The van der Waals surface area contributed by atoms with E-state index >= 15 is 0 Å². The van der Waals surface area contributed by atoms with E-state index in [0.29, 0.717) is 75.7 Å². The van der Waals surface area contributed by atoms with Crippen LogP contribution in [0, 0.1) is 17.8 Å². The molecule has 1 aliphatic heterocycles. The zero-order valence-corrected chi connectivity index (χ0v) is 72.8. The predicted molar refractivity (Wildman–Crippen MR) is 451 cm³/mol. The van der Waals surface area contributed by atoms with Gasteiger partial charge in [0.15, 0.2) is 29.6 Å². The van der Waals surface area contributed by atoms with E-state index in [0.717, 1.165) is 133 Å². The minimum absolute atomic E-state index is 0.00160. The van der Waals surface area contributed by atoms with Gasteiger partial charge in [0.1, 0.15) is 54.5 Å². The second-order valence-electron chi connectivity index (χ2n) is 31.8. The van der Waals surface area contributed by atoms with Crippen molar-refractivity contribution in [3.05, 3.63) is 132 Å². The molecule has 6 aliphatic carbocycles. The molecule has 13 unspecified atom stereocenters. The molecule has 26 heteroatoms. The van der Waals surface area contributed by atoms with E-state index in [9.17, 15) is 71.9 Å². The number of hydrogen-bond acceptors (Lipinski definition) is 25. The molecule has 1 saturated heterocycles. The number of hydrogen-bond donors (Lipinski definition) is 0. The lowest BCUT2D eigenvalue weighted by Crippen LogP contribution is -2.35. The van der Waals surface area contributed by atoms with E-state index in [1.165, 1.54) is 46.4 Å². The molecule has 0 aromatic heterocycles. The van der Waals surface area contributed by atoms with Crippen LogP contribution in [0.2, 0.25) is 0 Å². The molecular formula is C95H131NO25. The summed E-state index contributed by atoms with van der Waals surface area (Å²) in [5.41, 5.74) is 3.08. The van der Waals surface area contributed by atoms with Crippen molar-refractivity contribution in [2.24, 2.45) is 17.8 Å². The van der Waals surface area contributed by atoms with Crippen LogP contribution in [0.25, 0.3) is 0 Å². The van der Waals surface area contributed by atoms with Gasteiger partial charge in [-0.2, -0.15) is 0 Å². The number of carbonyl (C=O) groups excluding carboxylic acids is 15. The van der Waals surface area contributed by atoms with Crippen molar-refractivity contribution in [1.29, 1.82) is 0 Å². The molecule has 0 spiro atoms. The van der Waals surface area contributed by atoms with Crippen LogP contribution >= 0.6 is 0 Å². The normalized spacial score (nSPS) is 25.4. The summed E-state index contributed by atoms with van der Waals surface area (Å²) in [4.78, 5) is 175. The number of ketones is 6. The number of Topliss-reactive ketones (excluding diaryl/α,β-unsaturated/α-hetero) is 6. The number of ether oxygens (including phenoxy) is 10. The van der Waals surface area contributed by atoms with Gasteiger partial charge in [0.2, 0.25) is 11.8 Å². The fourth-order valence-electron chi connectivity index (χ4n) is 14.7. The van der Waals surface area contributed by atoms with Crippen molar-refractivity contribution in [2.45, 2.75) is 336 Å². The molecule has 2 aromatic rings. The molecule has 1 saturated carbocycles. The molecule has 2 fully saturated rings. The monoisotopic (exact) mass is 1690 g/mol. The number of imide groups is 1. The van der Waals surface area contributed by atoms with Gasteiger partial charge in [-0.3, -0.25) is 76.8 Å². The van der Waals surface area contributed by atoms with Crippen molar-refractivity contribution < 1.29 is 119 Å². The smallest absolute Gasteiger partial charge is 0.310 e. The minimum atomic E-state index is -0.570. The number of benzene rings is 2. The average molecular weight is 1690 g/mol. The van der Waals surface area contributed by atoms with Gasteiger partial charge in [-0.15, -0.1) is 0 Å². The lowest BCUT2D eigenvalue weighted by atomic mass is 9.96. The Labute approximate surface area is 714 Å². The standard InChI is InChI=1S/C21H30O6.C20H24O5.C19H27NO6.C19H24O4.C16H26O4/c1-14-12-18(24)17(21(14)25)9-7-8-16(23)13-26-19-10-5-3-4-6-11-20(19)27-15(2)22;1-14(21)17-11-9-16(10-12-17)13-20(23)25-19-8-6-4-3-5-7-18(19)24-15(2)22;1-13-12-17(22)20(19(13)24)11-7-10-18(23)26-16-9-6-4-3-5-8-15(16)25-14(2)21;1-14(20)17-11-9-16(10-12-17)13-22-18-7-5-3-4-6-8-19(18)23-15(2)21;1-3-14(18)9-8-12-19-15-10-6-4-5-7-11-16(15)20-13(2)17/h6,11,14,17,19-20H,3-5,7-10,12-13H2,1-2H3;5,7,9-12,18-19H,3-4,6,8,13H2,1-2H3;5,8,13,15-16H,3-4,6-7,9-12H2,1-2H3;6,8-12,18-19H,3-5,7,13H2,1-2H3;7,11,15-16H,3-6,8-10,12H2,1-2H3/b11-6+;7-5+;8-5+;8-6+;11-7+. The maximum absolute atomic E-state index is 12.3. The Balaban J connectivity index is 0.000000270. The number of carbonyl (C=O) groups is 15. The first-order valence-corrected chi connectivity index (χ1v) is 43.5. The van der Waals surface area contributed by atoms with E-state index in [2.05, 4.69) is 12.2 Å². The lowest BCUT2D eigenvalue weighted by molar-refractivity contribution is -0.164. The summed E-state index contributed by atoms with van der Waals surface area (Å²) >= 11 is 0. The SMILES string of the molecule is CC(=O)OC1/C=C/CCCCC1OC(=O)CCCN1C(=O)CC(C)C1=O.CC(=O)OC1/C=C/CCCCC1OC(=O)Cc1ccc(C(C)=O)cc1.CC(=O)OC1/C=C/CCCCC1OCC(=O)CCCC1C(=O)CC(C)C1=O.CC(=O)OC1/C=C/CCCCC1OCc1ccc(C(C)=O)cc1.CCC(=O)CCCOC1CCCC/C=C/C1OC(C)=O.